The van der Waals surface area contributed by atoms with Crippen LogP contribution in [0.5, 0.6) is 0 Å². The van der Waals surface area contributed by atoms with Crippen molar-refractivity contribution in [2.24, 2.45) is 4.99 Å². The summed E-state index contributed by atoms with van der Waals surface area (Å²) < 4.78 is 16.5. The zero-order valence-corrected chi connectivity index (χ0v) is 17.1. The normalized spacial score (nSPS) is 20.2. The minimum Gasteiger partial charge on any atom is -0.441 e. The van der Waals surface area contributed by atoms with Crippen LogP contribution in [0.4, 0.5) is 11.6 Å². The second-order valence-electron chi connectivity index (χ2n) is 6.57. The average molecular weight is 413 g/mol. The van der Waals surface area contributed by atoms with Gasteiger partial charge in [-0.3, -0.25) is 9.69 Å². The number of amidine groups is 1. The molecule has 0 spiro atoms. The molecule has 4 rings (SSSR count). The Morgan fingerprint density at radius 1 is 1.17 bits per heavy atom. The van der Waals surface area contributed by atoms with E-state index >= 15 is 0 Å². The quantitative estimate of drug-likeness (QED) is 0.677. The number of carbonyl (C=O) groups excluding carboxylic acids is 1. The number of methoxy groups -OCH3 is 1. The predicted octanol–water partition coefficient (Wildman–Crippen LogP) is 3.37. The van der Waals surface area contributed by atoms with Crippen LogP contribution in [-0.4, -0.2) is 62.5 Å². The average Bonchev–Trinajstić information content (AvgIpc) is 3.33. The highest BCUT2D eigenvalue weighted by molar-refractivity contribution is 8.18. The van der Waals surface area contributed by atoms with Gasteiger partial charge in [0.05, 0.1) is 37.0 Å². The molecular weight excluding hydrogens is 390 g/mol. The number of anilines is 1. The highest BCUT2D eigenvalue weighted by Gasteiger charge is 2.33. The third-order valence-electron chi connectivity index (χ3n) is 4.60. The summed E-state index contributed by atoms with van der Waals surface area (Å²) in [5.74, 6) is 1.35. The minimum atomic E-state index is -0.0916. The van der Waals surface area contributed by atoms with E-state index in [1.165, 1.54) is 11.8 Å². The van der Waals surface area contributed by atoms with Crippen LogP contribution in [0.15, 0.2) is 56.8 Å². The van der Waals surface area contributed by atoms with E-state index in [1.807, 2.05) is 42.5 Å². The van der Waals surface area contributed by atoms with Crippen molar-refractivity contribution in [3.05, 3.63) is 53.1 Å². The molecule has 1 aromatic carbocycles. The number of nitrogens with zero attached hydrogens (tertiary/aromatic N) is 3. The van der Waals surface area contributed by atoms with Gasteiger partial charge in [0, 0.05) is 32.3 Å². The van der Waals surface area contributed by atoms with Crippen molar-refractivity contribution < 1.29 is 18.7 Å². The first-order valence-corrected chi connectivity index (χ1v) is 10.3. The predicted molar refractivity (Wildman–Crippen MR) is 114 cm³/mol. The third kappa shape index (κ3) is 4.72. The number of amides is 1. The molecule has 0 atom stereocenters. The second kappa shape index (κ2) is 9.30. The first-order valence-electron chi connectivity index (χ1n) is 9.51. The molecule has 2 saturated heterocycles. The Bertz CT molecular complexity index is 904. The van der Waals surface area contributed by atoms with Crippen molar-refractivity contribution in [3.63, 3.8) is 0 Å². The lowest BCUT2D eigenvalue weighted by Crippen LogP contribution is -2.35. The van der Waals surface area contributed by atoms with Crippen LogP contribution in [0.3, 0.4) is 0 Å². The topological polar surface area (TPSA) is 67.5 Å². The van der Waals surface area contributed by atoms with E-state index in [2.05, 4.69) is 9.89 Å². The Balaban J connectivity index is 1.56. The lowest BCUT2D eigenvalue weighted by atomic mass is 10.3. The standard InChI is InChI=1S/C21H23N3O4S/c1-26-12-11-24-20(25)18(29-21(24)22-16-5-3-2-4-6-16)15-17-7-8-19(28-17)23-9-13-27-14-10-23/h2-8,15H,9-14H2,1H3/b18-15+,22-21?. The zero-order chi connectivity index (χ0) is 20.1. The van der Waals surface area contributed by atoms with Crippen LogP contribution in [-0.2, 0) is 14.3 Å². The van der Waals surface area contributed by atoms with Gasteiger partial charge in [-0.15, -0.1) is 0 Å². The molecule has 0 saturated carbocycles. The number of furan rings is 1. The monoisotopic (exact) mass is 413 g/mol. The summed E-state index contributed by atoms with van der Waals surface area (Å²) in [5.41, 5.74) is 0.805. The number of hydrogen-bond acceptors (Lipinski definition) is 7. The minimum absolute atomic E-state index is 0.0916. The zero-order valence-electron chi connectivity index (χ0n) is 16.2. The van der Waals surface area contributed by atoms with Crippen LogP contribution in [0.25, 0.3) is 6.08 Å². The highest BCUT2D eigenvalue weighted by atomic mass is 32.2. The molecule has 0 aliphatic carbocycles. The summed E-state index contributed by atoms with van der Waals surface area (Å²) in [5, 5.41) is 0.643. The van der Waals surface area contributed by atoms with Gasteiger partial charge in [-0.05, 0) is 30.0 Å². The maximum Gasteiger partial charge on any atom is 0.266 e. The summed E-state index contributed by atoms with van der Waals surface area (Å²) in [6, 6.07) is 13.4. The number of ether oxygens (including phenoxy) is 2. The lowest BCUT2D eigenvalue weighted by molar-refractivity contribution is -0.122. The molecule has 1 amide bonds. The fraction of sp³-hybridized carbons (Fsp3) is 0.333. The first-order chi connectivity index (χ1) is 14.2. The molecule has 0 radical (unpaired) electrons. The maximum absolute atomic E-state index is 13.0. The van der Waals surface area contributed by atoms with Gasteiger partial charge in [0.25, 0.3) is 5.91 Å². The van der Waals surface area contributed by atoms with Crippen LogP contribution in [0, 0.1) is 0 Å². The Morgan fingerprint density at radius 3 is 2.72 bits per heavy atom. The molecule has 1 aromatic heterocycles. The number of aliphatic imine (C=N–C) groups is 1. The molecule has 2 aliphatic rings. The molecule has 152 valence electrons. The summed E-state index contributed by atoms with van der Waals surface area (Å²) in [6.07, 6.45) is 1.78. The van der Waals surface area contributed by atoms with E-state index in [-0.39, 0.29) is 5.91 Å². The molecular formula is C21H23N3O4S. The lowest BCUT2D eigenvalue weighted by Gasteiger charge is -2.26. The maximum atomic E-state index is 13.0. The van der Waals surface area contributed by atoms with E-state index in [9.17, 15) is 4.79 Å². The van der Waals surface area contributed by atoms with Gasteiger partial charge < -0.3 is 18.8 Å². The molecule has 2 aliphatic heterocycles. The van der Waals surface area contributed by atoms with Gasteiger partial charge in [0.2, 0.25) is 0 Å². The Hall–Kier alpha value is -2.55. The van der Waals surface area contributed by atoms with Crippen molar-refractivity contribution in [1.29, 1.82) is 0 Å². The van der Waals surface area contributed by atoms with E-state index < -0.39 is 0 Å². The number of hydrogen-bond donors (Lipinski definition) is 0. The fourth-order valence-electron chi connectivity index (χ4n) is 3.09. The number of morpholine rings is 1. The summed E-state index contributed by atoms with van der Waals surface area (Å²) >= 11 is 1.35. The van der Waals surface area contributed by atoms with Gasteiger partial charge in [-0.2, -0.15) is 0 Å². The SMILES string of the molecule is COCCN1C(=O)/C(=C\c2ccc(N3CCOCC3)o2)SC1=Nc1ccccc1. The number of benzene rings is 1. The molecule has 2 fully saturated rings. The van der Waals surface area contributed by atoms with Crippen molar-refractivity contribution in [1.82, 2.24) is 4.90 Å². The van der Waals surface area contributed by atoms with Gasteiger partial charge >= 0.3 is 0 Å². The van der Waals surface area contributed by atoms with Gasteiger partial charge in [-0.1, -0.05) is 18.2 Å². The van der Waals surface area contributed by atoms with Crippen molar-refractivity contribution in [3.8, 4) is 0 Å². The number of rotatable bonds is 6. The molecule has 0 unspecified atom stereocenters. The van der Waals surface area contributed by atoms with Crippen molar-refractivity contribution in [2.75, 3.05) is 51.5 Å². The Kier molecular flexibility index (Phi) is 6.33. The van der Waals surface area contributed by atoms with Gasteiger partial charge in [-0.25, -0.2) is 4.99 Å². The third-order valence-corrected chi connectivity index (χ3v) is 5.60. The van der Waals surface area contributed by atoms with E-state index in [0.717, 1.165) is 24.7 Å². The number of thioether (sulfide) groups is 1. The van der Waals surface area contributed by atoms with Crippen molar-refractivity contribution in [2.45, 2.75) is 0 Å². The second-order valence-corrected chi connectivity index (χ2v) is 7.57. The van der Waals surface area contributed by atoms with Crippen LogP contribution in [0.1, 0.15) is 5.76 Å². The van der Waals surface area contributed by atoms with Gasteiger partial charge in [0.15, 0.2) is 11.1 Å². The van der Waals surface area contributed by atoms with Crippen LogP contribution < -0.4 is 4.90 Å². The Labute approximate surface area is 174 Å². The molecule has 3 heterocycles. The smallest absolute Gasteiger partial charge is 0.266 e. The summed E-state index contributed by atoms with van der Waals surface area (Å²) in [4.78, 5) is 22.0. The Morgan fingerprint density at radius 2 is 1.97 bits per heavy atom. The molecule has 29 heavy (non-hydrogen) atoms. The summed E-state index contributed by atoms with van der Waals surface area (Å²) in [7, 11) is 1.62. The van der Waals surface area contributed by atoms with E-state index in [4.69, 9.17) is 13.9 Å². The van der Waals surface area contributed by atoms with Crippen molar-refractivity contribution >= 4 is 40.5 Å². The molecule has 8 heteroatoms. The van der Waals surface area contributed by atoms with Crippen LogP contribution in [0.2, 0.25) is 0 Å². The largest absolute Gasteiger partial charge is 0.441 e. The summed E-state index contributed by atoms with van der Waals surface area (Å²) in [6.45, 7) is 3.88. The van der Waals surface area contributed by atoms with Crippen LogP contribution >= 0.6 is 11.8 Å². The number of para-hydroxylation sites is 1. The fourth-order valence-corrected chi connectivity index (χ4v) is 4.09. The molecule has 2 aromatic rings. The highest BCUT2D eigenvalue weighted by Crippen LogP contribution is 2.34. The molecule has 0 bridgehead atoms. The van der Waals surface area contributed by atoms with E-state index in [1.54, 1.807) is 18.1 Å². The first kappa shape index (κ1) is 19.8. The molecule has 0 N–H and O–H groups in total. The van der Waals surface area contributed by atoms with Gasteiger partial charge in [0.1, 0.15) is 5.76 Å². The number of carbonyl (C=O) groups is 1. The van der Waals surface area contributed by atoms with E-state index in [0.29, 0.717) is 42.2 Å². The molecule has 7 nitrogen and oxygen atoms in total.